The molecule has 122 valence electrons. The van der Waals surface area contributed by atoms with E-state index in [1.165, 1.54) is 24.4 Å². The van der Waals surface area contributed by atoms with Gasteiger partial charge in [-0.05, 0) is 36.8 Å². The number of aromatic nitrogens is 1. The molecule has 2 N–H and O–H groups in total. The highest BCUT2D eigenvalue weighted by Gasteiger charge is 2.11. The predicted octanol–water partition coefficient (Wildman–Crippen LogP) is 4.12. The molecule has 0 amide bonds. The highest BCUT2D eigenvalue weighted by atomic mass is 32.1. The van der Waals surface area contributed by atoms with Crippen molar-refractivity contribution >= 4 is 32.9 Å². The molecule has 1 aromatic heterocycles. The largest absolute Gasteiger partial charge is 0.508 e. The van der Waals surface area contributed by atoms with Crippen LogP contribution in [-0.4, -0.2) is 28.0 Å². The molecule has 0 fully saturated rings. The number of hydrogen-bond donors (Lipinski definition) is 2. The third-order valence-corrected chi connectivity index (χ3v) is 4.45. The molecule has 0 aliphatic carbocycles. The molecule has 1 heterocycles. The Kier molecular flexibility index (Phi) is 4.77. The van der Waals surface area contributed by atoms with Crippen LogP contribution in [0.15, 0.2) is 60.2 Å². The van der Waals surface area contributed by atoms with Crippen molar-refractivity contribution in [2.24, 2.45) is 5.10 Å². The Hall–Kier alpha value is -2.86. The lowest BCUT2D eigenvalue weighted by Crippen LogP contribution is -2.17. The fourth-order valence-electron chi connectivity index (χ4n) is 2.16. The SMILES string of the molecule is C=CCCN(N=Cc1cc(O)ccc1O)c1nc2ccccc2s1. The molecular weight excluding hydrogens is 322 g/mol. The normalized spacial score (nSPS) is 11.2. The average molecular weight is 339 g/mol. The smallest absolute Gasteiger partial charge is 0.207 e. The lowest BCUT2D eigenvalue weighted by molar-refractivity contribution is 0.459. The summed E-state index contributed by atoms with van der Waals surface area (Å²) in [6, 6.07) is 12.2. The average Bonchev–Trinajstić information content (AvgIpc) is 3.01. The zero-order chi connectivity index (χ0) is 16.9. The lowest BCUT2D eigenvalue weighted by Gasteiger charge is -2.14. The maximum atomic E-state index is 9.86. The van der Waals surface area contributed by atoms with Crippen LogP contribution < -0.4 is 5.01 Å². The van der Waals surface area contributed by atoms with Crippen molar-refractivity contribution in [1.82, 2.24) is 4.98 Å². The van der Waals surface area contributed by atoms with Gasteiger partial charge in [0.2, 0.25) is 5.13 Å². The first-order valence-electron chi connectivity index (χ1n) is 7.47. The van der Waals surface area contributed by atoms with Crippen molar-refractivity contribution in [3.8, 4) is 11.5 Å². The Morgan fingerprint density at radius 2 is 2.04 bits per heavy atom. The second-order valence-corrected chi connectivity index (χ2v) is 6.16. The van der Waals surface area contributed by atoms with Crippen LogP contribution in [0.5, 0.6) is 11.5 Å². The summed E-state index contributed by atoms with van der Waals surface area (Å²) >= 11 is 1.55. The van der Waals surface area contributed by atoms with E-state index in [1.54, 1.807) is 16.3 Å². The van der Waals surface area contributed by atoms with E-state index >= 15 is 0 Å². The molecule has 6 heteroatoms. The Labute approximate surface area is 143 Å². The lowest BCUT2D eigenvalue weighted by atomic mass is 10.2. The zero-order valence-electron chi connectivity index (χ0n) is 13.0. The Balaban J connectivity index is 1.92. The summed E-state index contributed by atoms with van der Waals surface area (Å²) in [6.45, 7) is 4.37. The fraction of sp³-hybridized carbons (Fsp3) is 0.111. The molecule has 0 spiro atoms. The highest BCUT2D eigenvalue weighted by molar-refractivity contribution is 7.22. The van der Waals surface area contributed by atoms with E-state index in [1.807, 2.05) is 30.3 Å². The van der Waals surface area contributed by atoms with Crippen molar-refractivity contribution in [3.05, 3.63) is 60.7 Å². The van der Waals surface area contributed by atoms with E-state index in [0.29, 0.717) is 12.1 Å². The number of phenolic OH excluding ortho intramolecular Hbond substituents is 2. The van der Waals surface area contributed by atoms with Crippen molar-refractivity contribution in [3.63, 3.8) is 0 Å². The van der Waals surface area contributed by atoms with Crippen LogP contribution in [0, 0.1) is 0 Å². The molecule has 0 aliphatic rings. The fourth-order valence-corrected chi connectivity index (χ4v) is 3.11. The van der Waals surface area contributed by atoms with E-state index in [-0.39, 0.29) is 11.5 Å². The molecule has 3 aromatic rings. The number of fused-ring (bicyclic) bond motifs is 1. The van der Waals surface area contributed by atoms with Gasteiger partial charge in [0.25, 0.3) is 0 Å². The zero-order valence-corrected chi connectivity index (χ0v) is 13.8. The molecule has 0 atom stereocenters. The van der Waals surface area contributed by atoms with E-state index in [9.17, 15) is 10.2 Å². The number of rotatable bonds is 6. The first kappa shape index (κ1) is 16.0. The number of hydrazone groups is 1. The first-order valence-corrected chi connectivity index (χ1v) is 8.29. The monoisotopic (exact) mass is 339 g/mol. The van der Waals surface area contributed by atoms with Crippen LogP contribution in [0.1, 0.15) is 12.0 Å². The Morgan fingerprint density at radius 1 is 1.21 bits per heavy atom. The molecule has 0 unspecified atom stereocenters. The maximum absolute atomic E-state index is 9.86. The van der Waals surface area contributed by atoms with Gasteiger partial charge in [0.1, 0.15) is 11.5 Å². The van der Waals surface area contributed by atoms with Gasteiger partial charge in [-0.1, -0.05) is 29.5 Å². The third kappa shape index (κ3) is 3.55. The molecule has 0 aliphatic heterocycles. The summed E-state index contributed by atoms with van der Waals surface area (Å²) in [7, 11) is 0. The van der Waals surface area contributed by atoms with Gasteiger partial charge in [0.05, 0.1) is 16.4 Å². The summed E-state index contributed by atoms with van der Waals surface area (Å²) < 4.78 is 1.09. The van der Waals surface area contributed by atoms with Crippen molar-refractivity contribution in [2.75, 3.05) is 11.6 Å². The van der Waals surface area contributed by atoms with Crippen molar-refractivity contribution in [2.45, 2.75) is 6.42 Å². The topological polar surface area (TPSA) is 69.0 Å². The van der Waals surface area contributed by atoms with E-state index in [4.69, 9.17) is 0 Å². The van der Waals surface area contributed by atoms with Crippen LogP contribution in [0.3, 0.4) is 0 Å². The van der Waals surface area contributed by atoms with Crippen LogP contribution in [0.25, 0.3) is 10.2 Å². The molecule has 0 radical (unpaired) electrons. The predicted molar refractivity (Wildman–Crippen MR) is 99.1 cm³/mol. The summed E-state index contributed by atoms with van der Waals surface area (Å²) in [6.07, 6.45) is 4.09. The summed E-state index contributed by atoms with van der Waals surface area (Å²) in [4.78, 5) is 4.60. The van der Waals surface area contributed by atoms with Gasteiger partial charge in [-0.3, -0.25) is 0 Å². The van der Waals surface area contributed by atoms with Gasteiger partial charge in [0.15, 0.2) is 0 Å². The minimum Gasteiger partial charge on any atom is -0.508 e. The number of anilines is 1. The van der Waals surface area contributed by atoms with Crippen LogP contribution >= 0.6 is 11.3 Å². The first-order chi connectivity index (χ1) is 11.7. The molecular formula is C18H17N3O2S. The standard InChI is InChI=1S/C18H17N3O2S/c1-2-3-10-21(18-20-15-6-4-5-7-17(15)24-18)19-12-13-11-14(22)8-9-16(13)23/h2,4-9,11-12,22-23H,1,3,10H2. The second kappa shape index (κ2) is 7.14. The number of hydrogen-bond acceptors (Lipinski definition) is 6. The van der Waals surface area contributed by atoms with Crippen molar-refractivity contribution < 1.29 is 10.2 Å². The van der Waals surface area contributed by atoms with Gasteiger partial charge >= 0.3 is 0 Å². The Morgan fingerprint density at radius 3 is 2.83 bits per heavy atom. The summed E-state index contributed by atoms with van der Waals surface area (Å²) in [5.74, 6) is 0.136. The van der Waals surface area contributed by atoms with Crippen molar-refractivity contribution in [1.29, 1.82) is 0 Å². The van der Waals surface area contributed by atoms with Gasteiger partial charge in [0, 0.05) is 12.1 Å². The van der Waals surface area contributed by atoms with Gasteiger partial charge in [-0.25, -0.2) is 9.99 Å². The minimum atomic E-state index is 0.0597. The molecule has 0 bridgehead atoms. The van der Waals surface area contributed by atoms with E-state index in [0.717, 1.165) is 21.8 Å². The van der Waals surface area contributed by atoms with E-state index < -0.39 is 0 Å². The maximum Gasteiger partial charge on any atom is 0.207 e. The number of para-hydroxylation sites is 1. The second-order valence-electron chi connectivity index (χ2n) is 5.15. The number of benzene rings is 2. The van der Waals surface area contributed by atoms with Crippen LogP contribution in [0.2, 0.25) is 0 Å². The molecule has 5 nitrogen and oxygen atoms in total. The van der Waals surface area contributed by atoms with Gasteiger partial charge in [-0.15, -0.1) is 6.58 Å². The number of thiazole rings is 1. The summed E-state index contributed by atoms with van der Waals surface area (Å²) in [5.41, 5.74) is 1.37. The quantitative estimate of drug-likeness (QED) is 0.307. The molecule has 2 aromatic carbocycles. The molecule has 24 heavy (non-hydrogen) atoms. The number of nitrogens with zero attached hydrogens (tertiary/aromatic N) is 3. The van der Waals surface area contributed by atoms with Gasteiger partial charge in [-0.2, -0.15) is 5.10 Å². The summed E-state index contributed by atoms with van der Waals surface area (Å²) in [5, 5.41) is 26.4. The third-order valence-electron chi connectivity index (χ3n) is 3.40. The molecule has 0 saturated carbocycles. The number of phenols is 2. The molecule has 3 rings (SSSR count). The van der Waals surface area contributed by atoms with Crippen LogP contribution in [0.4, 0.5) is 5.13 Å². The minimum absolute atomic E-state index is 0.0597. The Bertz CT molecular complexity index is 856. The van der Waals surface area contributed by atoms with E-state index in [2.05, 4.69) is 16.7 Å². The molecule has 0 saturated heterocycles. The number of aromatic hydroxyl groups is 2. The van der Waals surface area contributed by atoms with Crippen LogP contribution in [-0.2, 0) is 0 Å². The van der Waals surface area contributed by atoms with Gasteiger partial charge < -0.3 is 10.2 Å². The highest BCUT2D eigenvalue weighted by Crippen LogP contribution is 2.29.